The second-order valence-electron chi connectivity index (χ2n) is 17.8. The lowest BCUT2D eigenvalue weighted by Gasteiger charge is -2.49. The number of ether oxygens (including phenoxy) is 10. The Labute approximate surface area is 516 Å². The van der Waals surface area contributed by atoms with E-state index >= 15 is 18.3 Å². The summed E-state index contributed by atoms with van der Waals surface area (Å²) in [4.78, 5) is 114. The average molecular weight is 1370 g/mol. The summed E-state index contributed by atoms with van der Waals surface area (Å²) in [7, 11) is -23.2. The normalized spacial score (nSPS) is 17.8. The van der Waals surface area contributed by atoms with Crippen LogP contribution in [0.2, 0.25) is 0 Å². The zero-order valence-electron chi connectivity index (χ0n) is 51.7. The summed E-state index contributed by atoms with van der Waals surface area (Å²) in [6, 6.07) is 0. The number of carbonyl (C=O) groups is 9. The lowest BCUT2D eigenvalue weighted by atomic mass is 9.84. The summed E-state index contributed by atoms with van der Waals surface area (Å²) in [6.07, 6.45) is -15.1. The Kier molecular flexibility index (Phi) is 42.5. The minimum absolute atomic E-state index is 0.0268. The summed E-state index contributed by atoms with van der Waals surface area (Å²) < 4.78 is 182. The number of hydrogen-bond donors (Lipinski definition) is 0. The maximum absolute atomic E-state index is 15.4. The third-order valence-corrected chi connectivity index (χ3v) is 16.6. The van der Waals surface area contributed by atoms with Crippen LogP contribution in [0, 0.1) is 0 Å². The molecular weight excluding hydrogens is 1280 g/mol. The van der Waals surface area contributed by atoms with E-state index in [2.05, 4.69) is 0 Å². The number of phosphoric acid groups is 4. The van der Waals surface area contributed by atoms with Crippen molar-refractivity contribution in [2.75, 3.05) is 61.0 Å². The van der Waals surface area contributed by atoms with Gasteiger partial charge in [0, 0.05) is 64.4 Å². The van der Waals surface area contributed by atoms with Crippen molar-refractivity contribution < 1.29 is 163 Å². The van der Waals surface area contributed by atoms with Crippen molar-refractivity contribution in [1.29, 1.82) is 0 Å². The number of carbonyl (C=O) groups excluding carboxylic acids is 9. The zero-order valence-corrected chi connectivity index (χ0v) is 55.3. The van der Waals surface area contributed by atoms with E-state index in [4.69, 9.17) is 102 Å². The van der Waals surface area contributed by atoms with Crippen LogP contribution in [0.3, 0.4) is 0 Å². The Morgan fingerprint density at radius 1 is 0.270 bits per heavy atom. The Morgan fingerprint density at radius 2 is 0.494 bits per heavy atom. The van der Waals surface area contributed by atoms with Crippen LogP contribution in [0.4, 0.5) is 0 Å². The lowest BCUT2D eigenvalue weighted by molar-refractivity contribution is -0.239. The Bertz CT molecular complexity index is 2270. The highest BCUT2D eigenvalue weighted by atomic mass is 31.2. The molecule has 0 N–H and O–H groups in total. The highest BCUT2D eigenvalue weighted by Gasteiger charge is 2.63. The number of phosphoric ester groups is 4. The van der Waals surface area contributed by atoms with Crippen molar-refractivity contribution in [1.82, 2.24) is 0 Å². The van der Waals surface area contributed by atoms with Gasteiger partial charge in [-0.25, -0.2) is 54.5 Å². The summed E-state index contributed by atoms with van der Waals surface area (Å²) in [5.41, 5.74) is 0. The minimum atomic E-state index is -5.87. The zero-order chi connectivity index (χ0) is 66.9. The van der Waals surface area contributed by atoms with Crippen molar-refractivity contribution >= 4 is 85.0 Å². The molecule has 6 unspecified atom stereocenters. The first-order valence-electron chi connectivity index (χ1n) is 28.7. The maximum atomic E-state index is 15.4. The second-order valence-corrected chi connectivity index (χ2v) is 24.3. The molecule has 0 amide bonds. The van der Waals surface area contributed by atoms with Gasteiger partial charge in [-0.2, -0.15) is 0 Å². The number of unbranched alkanes of at least 4 members (excludes halogenated alkanes) is 5. The van der Waals surface area contributed by atoms with Crippen LogP contribution < -0.4 is 0 Å². The molecule has 1 aliphatic carbocycles. The summed E-state index contributed by atoms with van der Waals surface area (Å²) in [5, 5.41) is 0. The molecule has 0 spiro atoms. The third-order valence-electron chi connectivity index (χ3n) is 11.2. The summed E-state index contributed by atoms with van der Waals surface area (Å²) in [6.45, 7) is 3.37. The molecule has 0 bridgehead atoms. The van der Waals surface area contributed by atoms with Gasteiger partial charge in [-0.1, -0.05) is 101 Å². The van der Waals surface area contributed by atoms with Crippen LogP contribution in [0.1, 0.15) is 172 Å². The van der Waals surface area contributed by atoms with Gasteiger partial charge < -0.3 is 47.4 Å². The molecule has 0 aromatic rings. The SMILES string of the molecule is CCCCCCCCOC1C(OC(=O)CCC)C(OP(=O)(OCOC(=O)CC)OCOC(=O)CC)C(OP(=O)(OCOC(=O)CC)OCOC(=O)CC)C(OP(=O)(OCOC(=O)CC)OCOC(=O)CC)C1OP(=O)(OCOC(=O)CC)OCOC(=O)CC. The van der Waals surface area contributed by atoms with Gasteiger partial charge in [-0.3, -0.25) is 61.2 Å². The Balaban J connectivity index is 5.11. The van der Waals surface area contributed by atoms with Crippen molar-refractivity contribution in [3.63, 3.8) is 0 Å². The van der Waals surface area contributed by atoms with E-state index in [1.165, 1.54) is 62.3 Å². The molecule has 1 rings (SSSR count). The highest BCUT2D eigenvalue weighted by Crippen LogP contribution is 2.62. The molecule has 1 saturated carbocycles. The number of hydrogen-bond acceptors (Lipinski definition) is 35. The minimum Gasteiger partial charge on any atom is -0.457 e. The van der Waals surface area contributed by atoms with Gasteiger partial charge in [0.1, 0.15) is 30.5 Å². The fourth-order valence-corrected chi connectivity index (χ4v) is 10.9. The summed E-state index contributed by atoms with van der Waals surface area (Å²) >= 11 is 0. The van der Waals surface area contributed by atoms with E-state index in [-0.39, 0.29) is 64.2 Å². The molecule has 0 radical (unpaired) electrons. The van der Waals surface area contributed by atoms with Gasteiger partial charge in [0.05, 0.1) is 0 Å². The largest absolute Gasteiger partial charge is 0.481 e. The molecule has 0 aliphatic heterocycles. The molecule has 6 atom stereocenters. The number of esters is 9. The maximum Gasteiger partial charge on any atom is 0.481 e. The molecule has 0 aromatic carbocycles. The smallest absolute Gasteiger partial charge is 0.457 e. The molecule has 1 aliphatic rings. The Morgan fingerprint density at radius 3 is 0.730 bits per heavy atom. The van der Waals surface area contributed by atoms with Crippen LogP contribution >= 0.6 is 31.3 Å². The van der Waals surface area contributed by atoms with E-state index in [9.17, 15) is 43.2 Å². The molecule has 35 nitrogen and oxygen atoms in total. The molecule has 516 valence electrons. The van der Waals surface area contributed by atoms with Crippen LogP contribution in [0.25, 0.3) is 0 Å². The molecule has 0 saturated heterocycles. The van der Waals surface area contributed by atoms with Gasteiger partial charge in [0.2, 0.25) is 54.3 Å². The van der Waals surface area contributed by atoms with E-state index in [0.29, 0.717) is 12.8 Å². The van der Waals surface area contributed by atoms with Gasteiger partial charge in [-0.05, 0) is 12.8 Å². The van der Waals surface area contributed by atoms with Crippen LogP contribution in [0.15, 0.2) is 0 Å². The topological polar surface area (TPSA) is 425 Å². The average Bonchev–Trinajstić information content (AvgIpc) is 1.05. The van der Waals surface area contributed by atoms with Gasteiger partial charge in [0.25, 0.3) is 0 Å². The first-order chi connectivity index (χ1) is 42.3. The third kappa shape index (κ3) is 34.2. The Hall–Kier alpha value is -4.37. The van der Waals surface area contributed by atoms with Crippen LogP contribution in [-0.4, -0.2) is 151 Å². The lowest BCUT2D eigenvalue weighted by Crippen LogP contribution is -2.67. The first-order valence-corrected chi connectivity index (χ1v) is 34.5. The molecule has 0 aromatic heterocycles. The highest BCUT2D eigenvalue weighted by molar-refractivity contribution is 7.49. The van der Waals surface area contributed by atoms with E-state index < -0.39 is 189 Å². The van der Waals surface area contributed by atoms with Crippen LogP contribution in [0.5, 0.6) is 0 Å². The van der Waals surface area contributed by atoms with Gasteiger partial charge >= 0.3 is 85.0 Å². The standard InChI is InChI=1S/C50H86O35P4/c1-11-21-22-23-24-25-27-64-45-46(81-44(59)26-12-2)48(83-87(61,75-30-67-38(53)15-5)76-31-68-39(54)16-6)50(85-89(63,79-34-71-42(57)19-9)80-35-72-43(58)20-10)49(84-88(62,77-32-69-40(55)17-7)78-33-70-41(56)18-8)47(45)82-86(60,73-28-65-36(51)13-3)74-29-66-37(52)14-4/h45-50H,11-35H2,1-10H3. The van der Waals surface area contributed by atoms with Crippen molar-refractivity contribution in [3.8, 4) is 0 Å². The van der Waals surface area contributed by atoms with Crippen molar-refractivity contribution in [3.05, 3.63) is 0 Å². The van der Waals surface area contributed by atoms with Gasteiger partial charge in [-0.15, -0.1) is 0 Å². The second kappa shape index (κ2) is 45.8. The quantitative estimate of drug-likeness (QED) is 0.0180. The number of rotatable bonds is 51. The predicted octanol–water partition coefficient (Wildman–Crippen LogP) is 8.85. The monoisotopic (exact) mass is 1370 g/mol. The molecule has 39 heteroatoms. The molecule has 0 heterocycles. The van der Waals surface area contributed by atoms with E-state index in [1.807, 2.05) is 6.92 Å². The summed E-state index contributed by atoms with van der Waals surface area (Å²) in [5.74, 6) is -9.00. The van der Waals surface area contributed by atoms with Gasteiger partial charge in [0.15, 0.2) is 6.10 Å². The fourth-order valence-electron chi connectivity index (χ4n) is 6.50. The van der Waals surface area contributed by atoms with Crippen LogP contribution in [-0.2, 0) is 163 Å². The van der Waals surface area contributed by atoms with Crippen molar-refractivity contribution in [2.45, 2.75) is 209 Å². The van der Waals surface area contributed by atoms with Crippen molar-refractivity contribution in [2.24, 2.45) is 0 Å². The van der Waals surface area contributed by atoms with E-state index in [1.54, 1.807) is 0 Å². The predicted molar refractivity (Wildman–Crippen MR) is 297 cm³/mol. The molecule has 89 heavy (non-hydrogen) atoms. The molecule has 1 fully saturated rings. The molecular formula is C50H86O35P4. The fraction of sp³-hybridized carbons (Fsp3) is 0.820. The van der Waals surface area contributed by atoms with E-state index in [0.717, 1.165) is 19.3 Å². The first kappa shape index (κ1) is 82.6.